The van der Waals surface area contributed by atoms with Gasteiger partial charge in [0.05, 0.1) is 0 Å². The van der Waals surface area contributed by atoms with Gasteiger partial charge in [-0.1, -0.05) is 41.9 Å². The van der Waals surface area contributed by atoms with Crippen molar-refractivity contribution in [2.75, 3.05) is 18.0 Å². The molecule has 0 spiro atoms. The van der Waals surface area contributed by atoms with E-state index in [2.05, 4.69) is 63.9 Å². The number of benzene rings is 1. The lowest BCUT2D eigenvalue weighted by Gasteiger charge is -2.32. The third-order valence-corrected chi connectivity index (χ3v) is 4.45. The highest BCUT2D eigenvalue weighted by Crippen LogP contribution is 2.31. The highest BCUT2D eigenvalue weighted by atomic mass is 79.9. The smallest absolute Gasteiger partial charge is 0.136 e. The van der Waals surface area contributed by atoms with Crippen LogP contribution in [0.3, 0.4) is 0 Å². The quantitative estimate of drug-likeness (QED) is 0.868. The van der Waals surface area contributed by atoms with Crippen molar-refractivity contribution in [2.24, 2.45) is 5.73 Å². The van der Waals surface area contributed by atoms with Crippen LogP contribution in [0.2, 0.25) is 0 Å². The molecule has 2 N–H and O–H groups in total. The van der Waals surface area contributed by atoms with E-state index in [0.717, 1.165) is 29.7 Å². The van der Waals surface area contributed by atoms with E-state index in [1.165, 1.54) is 10.8 Å². The number of aromatic nitrogens is 1. The Hall–Kier alpha value is -1.13. The number of nitrogens with two attached hydrogens (primary N) is 1. The number of hydrogen-bond acceptors (Lipinski definition) is 3. The number of anilines is 1. The van der Waals surface area contributed by atoms with E-state index in [9.17, 15) is 0 Å². The second-order valence-corrected chi connectivity index (χ2v) is 5.78. The van der Waals surface area contributed by atoms with E-state index in [4.69, 9.17) is 5.73 Å². The van der Waals surface area contributed by atoms with Gasteiger partial charge >= 0.3 is 0 Å². The number of pyridine rings is 1. The van der Waals surface area contributed by atoms with E-state index in [0.29, 0.717) is 12.6 Å². The lowest BCUT2D eigenvalue weighted by atomic mass is 10.1. The Balaban J connectivity index is 2.55. The van der Waals surface area contributed by atoms with Gasteiger partial charge in [-0.3, -0.25) is 0 Å². The monoisotopic (exact) mass is 335 g/mol. The molecule has 0 aliphatic carbocycles. The zero-order chi connectivity index (χ0) is 14.5. The Labute approximate surface area is 129 Å². The minimum Gasteiger partial charge on any atom is -0.352 e. The van der Waals surface area contributed by atoms with Gasteiger partial charge in [-0.25, -0.2) is 4.98 Å². The fourth-order valence-electron chi connectivity index (χ4n) is 2.71. The van der Waals surface area contributed by atoms with Crippen molar-refractivity contribution < 1.29 is 0 Å². The summed E-state index contributed by atoms with van der Waals surface area (Å²) in [6, 6.07) is 8.79. The van der Waals surface area contributed by atoms with Crippen molar-refractivity contribution in [1.29, 1.82) is 0 Å². The molecule has 0 fully saturated rings. The first-order valence-electron chi connectivity index (χ1n) is 7.22. The van der Waals surface area contributed by atoms with Crippen molar-refractivity contribution in [1.82, 2.24) is 4.98 Å². The maximum absolute atomic E-state index is 5.81. The van der Waals surface area contributed by atoms with E-state index in [-0.39, 0.29) is 0 Å². The molecule has 0 bridgehead atoms. The summed E-state index contributed by atoms with van der Waals surface area (Å²) in [4.78, 5) is 6.99. The fraction of sp³-hybridized carbons (Fsp3) is 0.438. The van der Waals surface area contributed by atoms with Gasteiger partial charge in [-0.15, -0.1) is 0 Å². The summed E-state index contributed by atoms with van der Waals surface area (Å²) < 4.78 is 1.11. The number of hydrogen-bond donors (Lipinski definition) is 1. The predicted molar refractivity (Wildman–Crippen MR) is 90.2 cm³/mol. The van der Waals surface area contributed by atoms with Gasteiger partial charge in [0.15, 0.2) is 0 Å². The molecule has 4 heteroatoms. The molecule has 0 saturated carbocycles. The molecule has 0 aliphatic rings. The van der Waals surface area contributed by atoms with E-state index in [1.807, 2.05) is 6.20 Å². The van der Waals surface area contributed by atoms with Crippen LogP contribution in [-0.4, -0.2) is 24.1 Å². The largest absolute Gasteiger partial charge is 0.352 e. The molecule has 0 amide bonds. The van der Waals surface area contributed by atoms with Gasteiger partial charge in [0.1, 0.15) is 5.82 Å². The van der Waals surface area contributed by atoms with Crippen molar-refractivity contribution >= 4 is 32.5 Å². The molecule has 2 aromatic rings. The summed E-state index contributed by atoms with van der Waals surface area (Å²) >= 11 is 3.62. The second kappa shape index (κ2) is 7.04. The average Bonchev–Trinajstić information content (AvgIpc) is 2.47. The normalized spacial score (nSPS) is 11.2. The summed E-state index contributed by atoms with van der Waals surface area (Å²) in [5, 5.41) is 2.38. The second-order valence-electron chi connectivity index (χ2n) is 4.92. The fourth-order valence-corrected chi connectivity index (χ4v) is 3.21. The van der Waals surface area contributed by atoms with Crippen molar-refractivity contribution in [3.63, 3.8) is 0 Å². The molecule has 20 heavy (non-hydrogen) atoms. The topological polar surface area (TPSA) is 42.1 Å². The zero-order valence-electron chi connectivity index (χ0n) is 12.1. The minimum absolute atomic E-state index is 0.482. The molecule has 108 valence electrons. The molecule has 1 aromatic heterocycles. The van der Waals surface area contributed by atoms with Gasteiger partial charge < -0.3 is 10.6 Å². The molecule has 3 nitrogen and oxygen atoms in total. The van der Waals surface area contributed by atoms with Crippen LogP contribution in [-0.2, 0) is 0 Å². The van der Waals surface area contributed by atoms with Crippen molar-refractivity contribution in [3.8, 4) is 0 Å². The molecular weight excluding hydrogens is 314 g/mol. The van der Waals surface area contributed by atoms with Gasteiger partial charge in [-0.05, 0) is 25.0 Å². The standard InChI is InChI=1S/C16H22BrN3/c1-3-12(4-2)20(11-9-18)16-14-6-5-7-15(17)13(14)8-10-19-16/h5-8,10,12H,3-4,9,11,18H2,1-2H3. The first-order valence-corrected chi connectivity index (χ1v) is 8.02. The highest BCUT2D eigenvalue weighted by Gasteiger charge is 2.18. The van der Waals surface area contributed by atoms with Crippen LogP contribution in [0.4, 0.5) is 5.82 Å². The van der Waals surface area contributed by atoms with Gasteiger partial charge in [-0.2, -0.15) is 0 Å². The van der Waals surface area contributed by atoms with Crippen LogP contribution in [0.1, 0.15) is 26.7 Å². The summed E-state index contributed by atoms with van der Waals surface area (Å²) in [5.41, 5.74) is 5.81. The SMILES string of the molecule is CCC(CC)N(CCN)c1nccc2c(Br)cccc12. The van der Waals surface area contributed by atoms with Crippen molar-refractivity contribution in [3.05, 3.63) is 34.9 Å². The van der Waals surface area contributed by atoms with Gasteiger partial charge in [0.25, 0.3) is 0 Å². The molecule has 1 aromatic carbocycles. The Morgan fingerprint density at radius 2 is 1.95 bits per heavy atom. The average molecular weight is 336 g/mol. The molecule has 0 saturated heterocycles. The Bertz CT molecular complexity index is 567. The number of fused-ring (bicyclic) bond motifs is 1. The van der Waals surface area contributed by atoms with E-state index in [1.54, 1.807) is 0 Å². The summed E-state index contributed by atoms with van der Waals surface area (Å²) in [5.74, 6) is 1.04. The lowest BCUT2D eigenvalue weighted by Crippen LogP contribution is -2.39. The highest BCUT2D eigenvalue weighted by molar-refractivity contribution is 9.10. The third-order valence-electron chi connectivity index (χ3n) is 3.76. The third kappa shape index (κ3) is 2.96. The molecule has 0 radical (unpaired) electrons. The number of rotatable bonds is 6. The number of halogens is 1. The van der Waals surface area contributed by atoms with Crippen LogP contribution in [0.25, 0.3) is 10.8 Å². The molecule has 2 rings (SSSR count). The molecular formula is C16H22BrN3. The summed E-state index contributed by atoms with van der Waals surface area (Å²) in [6.07, 6.45) is 4.08. The van der Waals surface area contributed by atoms with Gasteiger partial charge in [0.2, 0.25) is 0 Å². The maximum Gasteiger partial charge on any atom is 0.136 e. The number of nitrogens with zero attached hydrogens (tertiary/aromatic N) is 2. The van der Waals surface area contributed by atoms with Crippen LogP contribution in [0, 0.1) is 0 Å². The van der Waals surface area contributed by atoms with E-state index >= 15 is 0 Å². The molecule has 0 unspecified atom stereocenters. The summed E-state index contributed by atoms with van der Waals surface area (Å²) in [7, 11) is 0. The predicted octanol–water partition coefficient (Wildman–Crippen LogP) is 3.95. The van der Waals surface area contributed by atoms with Crippen LogP contribution < -0.4 is 10.6 Å². The Morgan fingerprint density at radius 1 is 1.20 bits per heavy atom. The Kier molecular flexibility index (Phi) is 5.38. The van der Waals surface area contributed by atoms with Gasteiger partial charge in [0, 0.05) is 40.6 Å². The Morgan fingerprint density at radius 3 is 2.60 bits per heavy atom. The maximum atomic E-state index is 5.81. The zero-order valence-corrected chi connectivity index (χ0v) is 13.7. The molecule has 0 atom stereocenters. The first-order chi connectivity index (χ1) is 9.72. The molecule has 1 heterocycles. The first kappa shape index (κ1) is 15.3. The van der Waals surface area contributed by atoms with Crippen LogP contribution in [0.5, 0.6) is 0 Å². The minimum atomic E-state index is 0.482. The molecule has 0 aliphatic heterocycles. The van der Waals surface area contributed by atoms with Crippen LogP contribution >= 0.6 is 15.9 Å². The lowest BCUT2D eigenvalue weighted by molar-refractivity contribution is 0.556. The van der Waals surface area contributed by atoms with Crippen LogP contribution in [0.15, 0.2) is 34.9 Å². The summed E-state index contributed by atoms with van der Waals surface area (Å²) in [6.45, 7) is 5.92. The van der Waals surface area contributed by atoms with Crippen molar-refractivity contribution in [2.45, 2.75) is 32.7 Å². The van der Waals surface area contributed by atoms with E-state index < -0.39 is 0 Å².